The minimum atomic E-state index is -4.52. The zero-order valence-corrected chi connectivity index (χ0v) is 20.6. The number of amides is 3. The highest BCUT2D eigenvalue weighted by molar-refractivity contribution is 5.77. The van der Waals surface area contributed by atoms with Crippen molar-refractivity contribution < 1.29 is 31.9 Å². The number of halogens is 4. The molecule has 13 heteroatoms. The standard InChI is InChI=1S/C24H30F4N6O3/c1-22(25)5-3-15(4-6-22)19(32-21(36)37-23(2)7-8-23)16-12-34-18(30-16)9-14(10-29-34)11-33-13-17(24(26,27)28)31-20(33)35/h9-10,12,15,17,19H,3-8,11,13H2,1-2H3,(H,31,35)(H,32,36)/t15?,17-,19-,22?/m0/s1. The molecular weight excluding hydrogens is 496 g/mol. The van der Waals surface area contributed by atoms with Gasteiger partial charge in [0.1, 0.15) is 17.3 Å². The molecule has 0 spiro atoms. The number of carbonyl (C=O) groups is 2. The molecule has 5 rings (SSSR count). The molecule has 0 aromatic carbocycles. The van der Waals surface area contributed by atoms with Gasteiger partial charge in [-0.25, -0.2) is 23.5 Å². The molecule has 2 saturated carbocycles. The molecule has 9 nitrogen and oxygen atoms in total. The number of fused-ring (bicyclic) bond motifs is 1. The zero-order valence-electron chi connectivity index (χ0n) is 20.6. The van der Waals surface area contributed by atoms with Crippen molar-refractivity contribution in [2.45, 2.75) is 88.4 Å². The average molecular weight is 527 g/mol. The van der Waals surface area contributed by atoms with Crippen LogP contribution in [0.2, 0.25) is 0 Å². The fourth-order valence-electron chi connectivity index (χ4n) is 4.97. The highest BCUT2D eigenvalue weighted by atomic mass is 19.4. The lowest BCUT2D eigenvalue weighted by Gasteiger charge is -2.35. The van der Waals surface area contributed by atoms with E-state index in [1.807, 2.05) is 12.2 Å². The van der Waals surface area contributed by atoms with Crippen LogP contribution < -0.4 is 10.6 Å². The van der Waals surface area contributed by atoms with Crippen molar-refractivity contribution in [3.8, 4) is 0 Å². The largest absolute Gasteiger partial charge is 0.443 e. The van der Waals surface area contributed by atoms with Crippen LogP contribution in [0.5, 0.6) is 0 Å². The molecule has 1 saturated heterocycles. The number of urea groups is 1. The van der Waals surface area contributed by atoms with Crippen LogP contribution >= 0.6 is 0 Å². The first-order valence-corrected chi connectivity index (χ1v) is 12.5. The number of rotatable bonds is 6. The van der Waals surface area contributed by atoms with E-state index < -0.39 is 48.2 Å². The van der Waals surface area contributed by atoms with Gasteiger partial charge in [0.2, 0.25) is 0 Å². The maximum Gasteiger partial charge on any atom is 0.410 e. The van der Waals surface area contributed by atoms with Crippen molar-refractivity contribution in [2.24, 2.45) is 5.92 Å². The first-order chi connectivity index (χ1) is 17.3. The van der Waals surface area contributed by atoms with Gasteiger partial charge < -0.3 is 20.3 Å². The molecule has 2 aromatic heterocycles. The van der Waals surface area contributed by atoms with Crippen LogP contribution in [0.25, 0.3) is 5.65 Å². The monoisotopic (exact) mass is 526 g/mol. The lowest BCUT2D eigenvalue weighted by atomic mass is 9.77. The van der Waals surface area contributed by atoms with Gasteiger partial charge in [-0.2, -0.15) is 18.3 Å². The second kappa shape index (κ2) is 9.02. The number of imidazole rings is 1. The number of ether oxygens (including phenoxy) is 1. The third-order valence-electron chi connectivity index (χ3n) is 7.58. The molecule has 1 aliphatic heterocycles. The normalized spacial score (nSPS) is 28.2. The van der Waals surface area contributed by atoms with Crippen molar-refractivity contribution in [3.05, 3.63) is 29.7 Å². The van der Waals surface area contributed by atoms with Crippen molar-refractivity contribution in [1.82, 2.24) is 30.1 Å². The van der Waals surface area contributed by atoms with Crippen molar-refractivity contribution in [1.29, 1.82) is 0 Å². The molecule has 2 aliphatic carbocycles. The van der Waals surface area contributed by atoms with E-state index in [4.69, 9.17) is 4.74 Å². The Bertz CT molecular complexity index is 1180. The van der Waals surface area contributed by atoms with Crippen LogP contribution in [-0.2, 0) is 11.3 Å². The fourth-order valence-corrected chi connectivity index (χ4v) is 4.97. The number of alkyl carbamates (subject to hydrolysis) is 1. The summed E-state index contributed by atoms with van der Waals surface area (Å²) in [7, 11) is 0. The third-order valence-corrected chi connectivity index (χ3v) is 7.58. The van der Waals surface area contributed by atoms with E-state index in [0.717, 1.165) is 17.7 Å². The van der Waals surface area contributed by atoms with Crippen LogP contribution in [-0.4, -0.2) is 61.7 Å². The fraction of sp³-hybridized carbons (Fsp3) is 0.667. The topological polar surface area (TPSA) is 101 Å². The summed E-state index contributed by atoms with van der Waals surface area (Å²) in [6.45, 7) is 2.90. The second-order valence-corrected chi connectivity index (χ2v) is 11.0. The van der Waals surface area contributed by atoms with Crippen LogP contribution in [0.1, 0.15) is 69.7 Å². The van der Waals surface area contributed by atoms with Gasteiger partial charge in [-0.1, -0.05) is 0 Å². The van der Waals surface area contributed by atoms with E-state index in [2.05, 4.69) is 15.4 Å². The summed E-state index contributed by atoms with van der Waals surface area (Å²) >= 11 is 0. The molecule has 2 aromatic rings. The molecule has 2 atom stereocenters. The maximum atomic E-state index is 14.5. The van der Waals surface area contributed by atoms with E-state index in [-0.39, 0.29) is 12.5 Å². The summed E-state index contributed by atoms with van der Waals surface area (Å²) in [6, 6.07) is -1.59. The summed E-state index contributed by atoms with van der Waals surface area (Å²) in [5.41, 5.74) is -0.239. The SMILES string of the molecule is CC1(F)CCC([C@H](NC(=O)OC2(C)CC2)c2cn3ncc(CN4C[C@@H](C(F)(F)F)NC4=O)cc3n2)CC1. The van der Waals surface area contributed by atoms with Gasteiger partial charge in [0.05, 0.1) is 30.7 Å². The molecule has 202 valence electrons. The Labute approximate surface area is 210 Å². The molecule has 0 bridgehead atoms. The van der Waals surface area contributed by atoms with Gasteiger partial charge >= 0.3 is 18.3 Å². The lowest BCUT2D eigenvalue weighted by Crippen LogP contribution is -2.40. The average Bonchev–Trinajstić information content (AvgIpc) is 3.20. The summed E-state index contributed by atoms with van der Waals surface area (Å²) in [6.07, 6.45) is 1.53. The molecule has 3 fully saturated rings. The Hall–Kier alpha value is -3.12. The van der Waals surface area contributed by atoms with Gasteiger partial charge in [-0.15, -0.1) is 0 Å². The van der Waals surface area contributed by atoms with Crippen molar-refractivity contribution in [2.75, 3.05) is 6.54 Å². The van der Waals surface area contributed by atoms with E-state index in [9.17, 15) is 27.2 Å². The van der Waals surface area contributed by atoms with Crippen molar-refractivity contribution >= 4 is 17.8 Å². The minimum Gasteiger partial charge on any atom is -0.443 e. The maximum absolute atomic E-state index is 14.5. The van der Waals surface area contributed by atoms with Gasteiger partial charge in [-0.05, 0) is 69.9 Å². The Morgan fingerprint density at radius 2 is 1.97 bits per heavy atom. The highest BCUT2D eigenvalue weighted by Gasteiger charge is 2.47. The van der Waals surface area contributed by atoms with E-state index in [1.54, 1.807) is 19.2 Å². The van der Waals surface area contributed by atoms with Gasteiger partial charge in [0.15, 0.2) is 5.65 Å². The minimum absolute atomic E-state index is 0.0552. The highest BCUT2D eigenvalue weighted by Crippen LogP contribution is 2.42. The van der Waals surface area contributed by atoms with E-state index in [0.29, 0.717) is 42.6 Å². The Balaban J connectivity index is 1.34. The number of nitrogens with one attached hydrogen (secondary N) is 2. The second-order valence-electron chi connectivity index (χ2n) is 11.0. The quantitative estimate of drug-likeness (QED) is 0.543. The lowest BCUT2D eigenvalue weighted by molar-refractivity contribution is -0.149. The van der Waals surface area contributed by atoms with Gasteiger partial charge in [0, 0.05) is 6.54 Å². The molecule has 37 heavy (non-hydrogen) atoms. The zero-order chi connectivity index (χ0) is 26.6. The summed E-state index contributed by atoms with van der Waals surface area (Å²) < 4.78 is 60.5. The Morgan fingerprint density at radius 3 is 2.59 bits per heavy atom. The number of hydrogen-bond acceptors (Lipinski definition) is 5. The summed E-state index contributed by atoms with van der Waals surface area (Å²) in [5.74, 6) is -0.0552. The summed E-state index contributed by atoms with van der Waals surface area (Å²) in [4.78, 5) is 30.4. The van der Waals surface area contributed by atoms with Gasteiger partial charge in [-0.3, -0.25) is 0 Å². The van der Waals surface area contributed by atoms with Crippen molar-refractivity contribution in [3.63, 3.8) is 0 Å². The Kier molecular flexibility index (Phi) is 6.22. The third kappa shape index (κ3) is 5.74. The number of aromatic nitrogens is 3. The molecule has 3 heterocycles. The van der Waals surface area contributed by atoms with Gasteiger partial charge in [0.25, 0.3) is 0 Å². The summed E-state index contributed by atoms with van der Waals surface area (Å²) in [5, 5.41) is 9.18. The first-order valence-electron chi connectivity index (χ1n) is 12.5. The van der Waals surface area contributed by atoms with E-state index in [1.165, 1.54) is 10.7 Å². The molecule has 3 aliphatic rings. The number of alkyl halides is 4. The number of nitrogens with zero attached hydrogens (tertiary/aromatic N) is 4. The number of carbonyl (C=O) groups excluding carboxylic acids is 2. The van der Waals surface area contributed by atoms with Crippen LogP contribution in [0.4, 0.5) is 27.2 Å². The predicted octanol–water partition coefficient (Wildman–Crippen LogP) is 4.42. The first kappa shape index (κ1) is 25.5. The predicted molar refractivity (Wildman–Crippen MR) is 123 cm³/mol. The van der Waals surface area contributed by atoms with Crippen LogP contribution in [0.15, 0.2) is 18.5 Å². The van der Waals surface area contributed by atoms with Crippen LogP contribution in [0.3, 0.4) is 0 Å². The molecular formula is C24H30F4N6O3. The molecule has 0 unspecified atom stereocenters. The smallest absolute Gasteiger partial charge is 0.410 e. The van der Waals surface area contributed by atoms with E-state index >= 15 is 0 Å². The molecule has 2 N–H and O–H groups in total. The number of hydrogen-bond donors (Lipinski definition) is 2. The van der Waals surface area contributed by atoms with Crippen LogP contribution in [0, 0.1) is 5.92 Å². The molecule has 3 amide bonds. The Morgan fingerprint density at radius 1 is 1.27 bits per heavy atom. The molecule has 0 radical (unpaired) electrons.